The molecule has 1 saturated heterocycles. The number of anilines is 1. The SMILES string of the molecule is CC1CC(C(=O)Nc2ccc3nccnc3c2)CCN1. The molecule has 0 saturated carbocycles. The number of amides is 1. The van der Waals surface area contributed by atoms with Crippen LogP contribution in [0.2, 0.25) is 0 Å². The van der Waals surface area contributed by atoms with E-state index in [9.17, 15) is 4.79 Å². The predicted octanol–water partition coefficient (Wildman–Crippen LogP) is 1.96. The molecular formula is C15H18N4O. The number of carbonyl (C=O) groups excluding carboxylic acids is 1. The molecule has 1 amide bonds. The van der Waals surface area contributed by atoms with Gasteiger partial charge in [-0.3, -0.25) is 14.8 Å². The van der Waals surface area contributed by atoms with Crippen LogP contribution >= 0.6 is 0 Å². The standard InChI is InChI=1S/C15H18N4O/c1-10-8-11(4-5-16-10)15(20)19-12-2-3-13-14(9-12)18-7-6-17-13/h2-3,6-7,9-11,16H,4-5,8H2,1H3,(H,19,20). The van der Waals surface area contributed by atoms with Gasteiger partial charge in [-0.2, -0.15) is 0 Å². The molecule has 1 fully saturated rings. The summed E-state index contributed by atoms with van der Waals surface area (Å²) in [5.41, 5.74) is 2.42. The fourth-order valence-corrected chi connectivity index (χ4v) is 2.66. The molecule has 0 aliphatic carbocycles. The Hall–Kier alpha value is -2.01. The summed E-state index contributed by atoms with van der Waals surface area (Å²) in [6, 6.07) is 6.02. The lowest BCUT2D eigenvalue weighted by Crippen LogP contribution is -2.40. The highest BCUT2D eigenvalue weighted by Crippen LogP contribution is 2.20. The maximum Gasteiger partial charge on any atom is 0.227 e. The number of rotatable bonds is 2. The Morgan fingerprint density at radius 2 is 2.10 bits per heavy atom. The molecule has 2 atom stereocenters. The second kappa shape index (κ2) is 5.54. The van der Waals surface area contributed by atoms with Crippen LogP contribution in [-0.2, 0) is 4.79 Å². The van der Waals surface area contributed by atoms with Gasteiger partial charge < -0.3 is 10.6 Å². The van der Waals surface area contributed by atoms with E-state index in [2.05, 4.69) is 27.5 Å². The zero-order valence-electron chi connectivity index (χ0n) is 11.5. The van der Waals surface area contributed by atoms with Crippen LogP contribution in [0, 0.1) is 5.92 Å². The van der Waals surface area contributed by atoms with Crippen LogP contribution < -0.4 is 10.6 Å². The van der Waals surface area contributed by atoms with Crippen LogP contribution in [-0.4, -0.2) is 28.5 Å². The third-order valence-electron chi connectivity index (χ3n) is 3.73. The number of benzene rings is 1. The Bertz CT molecular complexity index is 628. The van der Waals surface area contributed by atoms with Crippen LogP contribution in [0.5, 0.6) is 0 Å². The van der Waals surface area contributed by atoms with E-state index in [1.807, 2.05) is 18.2 Å². The van der Waals surface area contributed by atoms with Gasteiger partial charge in [-0.15, -0.1) is 0 Å². The maximum atomic E-state index is 12.3. The predicted molar refractivity (Wildman–Crippen MR) is 78.4 cm³/mol. The van der Waals surface area contributed by atoms with E-state index in [4.69, 9.17) is 0 Å². The molecule has 0 bridgehead atoms. The molecule has 0 spiro atoms. The van der Waals surface area contributed by atoms with Gasteiger partial charge in [0.15, 0.2) is 0 Å². The highest BCUT2D eigenvalue weighted by atomic mass is 16.1. The van der Waals surface area contributed by atoms with Crippen LogP contribution in [0.15, 0.2) is 30.6 Å². The Balaban J connectivity index is 1.73. The lowest BCUT2D eigenvalue weighted by Gasteiger charge is -2.27. The second-order valence-corrected chi connectivity index (χ2v) is 5.33. The van der Waals surface area contributed by atoms with E-state index < -0.39 is 0 Å². The van der Waals surface area contributed by atoms with Crippen molar-refractivity contribution in [1.29, 1.82) is 0 Å². The van der Waals surface area contributed by atoms with E-state index in [0.717, 1.165) is 36.1 Å². The zero-order valence-corrected chi connectivity index (χ0v) is 11.5. The molecule has 1 aliphatic heterocycles. The van der Waals surface area contributed by atoms with Gasteiger partial charge in [0.2, 0.25) is 5.91 Å². The van der Waals surface area contributed by atoms with Gasteiger partial charge in [0, 0.05) is 30.0 Å². The summed E-state index contributed by atoms with van der Waals surface area (Å²) in [6.07, 6.45) is 5.10. The Morgan fingerprint density at radius 1 is 1.30 bits per heavy atom. The first-order valence-corrected chi connectivity index (χ1v) is 6.97. The minimum Gasteiger partial charge on any atom is -0.326 e. The van der Waals surface area contributed by atoms with E-state index >= 15 is 0 Å². The average molecular weight is 270 g/mol. The molecule has 104 valence electrons. The number of nitrogens with zero attached hydrogens (tertiary/aromatic N) is 2. The zero-order chi connectivity index (χ0) is 13.9. The van der Waals surface area contributed by atoms with Crippen molar-refractivity contribution in [3.8, 4) is 0 Å². The first-order chi connectivity index (χ1) is 9.72. The van der Waals surface area contributed by atoms with Crippen LogP contribution in [0.3, 0.4) is 0 Å². The average Bonchev–Trinajstić information content (AvgIpc) is 2.47. The fourth-order valence-electron chi connectivity index (χ4n) is 2.66. The smallest absolute Gasteiger partial charge is 0.227 e. The molecule has 1 aromatic carbocycles. The van der Waals surface area contributed by atoms with Gasteiger partial charge >= 0.3 is 0 Å². The quantitative estimate of drug-likeness (QED) is 0.875. The van der Waals surface area contributed by atoms with E-state index in [0.29, 0.717) is 6.04 Å². The molecular weight excluding hydrogens is 252 g/mol. The van der Waals surface area contributed by atoms with Crippen molar-refractivity contribution >= 4 is 22.6 Å². The van der Waals surface area contributed by atoms with Crippen molar-refractivity contribution in [3.05, 3.63) is 30.6 Å². The molecule has 3 rings (SSSR count). The van der Waals surface area contributed by atoms with Gasteiger partial charge in [0.25, 0.3) is 0 Å². The third-order valence-corrected chi connectivity index (χ3v) is 3.73. The number of aromatic nitrogens is 2. The lowest BCUT2D eigenvalue weighted by atomic mass is 9.92. The lowest BCUT2D eigenvalue weighted by molar-refractivity contribution is -0.120. The van der Waals surface area contributed by atoms with Gasteiger partial charge in [0.1, 0.15) is 0 Å². The minimum absolute atomic E-state index is 0.0869. The van der Waals surface area contributed by atoms with E-state index in [1.165, 1.54) is 0 Å². The second-order valence-electron chi connectivity index (χ2n) is 5.33. The Morgan fingerprint density at radius 3 is 2.90 bits per heavy atom. The van der Waals surface area contributed by atoms with Crippen molar-refractivity contribution in [3.63, 3.8) is 0 Å². The largest absolute Gasteiger partial charge is 0.326 e. The number of hydrogen-bond donors (Lipinski definition) is 2. The van der Waals surface area contributed by atoms with Crippen molar-refractivity contribution in [2.24, 2.45) is 5.92 Å². The maximum absolute atomic E-state index is 12.3. The van der Waals surface area contributed by atoms with Gasteiger partial charge in [-0.05, 0) is 44.5 Å². The molecule has 5 nitrogen and oxygen atoms in total. The highest BCUT2D eigenvalue weighted by molar-refractivity contribution is 5.94. The molecule has 1 aromatic heterocycles. The van der Waals surface area contributed by atoms with Crippen molar-refractivity contribution < 1.29 is 4.79 Å². The molecule has 0 radical (unpaired) electrons. The molecule has 20 heavy (non-hydrogen) atoms. The summed E-state index contributed by atoms with van der Waals surface area (Å²) in [5.74, 6) is 0.186. The minimum atomic E-state index is 0.0869. The highest BCUT2D eigenvalue weighted by Gasteiger charge is 2.24. The van der Waals surface area contributed by atoms with Crippen molar-refractivity contribution in [2.45, 2.75) is 25.8 Å². The van der Waals surface area contributed by atoms with Crippen molar-refractivity contribution in [2.75, 3.05) is 11.9 Å². The number of hydrogen-bond acceptors (Lipinski definition) is 4. The number of carbonyl (C=O) groups is 1. The molecule has 2 heterocycles. The number of fused-ring (bicyclic) bond motifs is 1. The van der Waals surface area contributed by atoms with Crippen LogP contribution in [0.4, 0.5) is 5.69 Å². The normalized spacial score (nSPS) is 22.6. The Labute approximate surface area is 117 Å². The van der Waals surface area contributed by atoms with Gasteiger partial charge in [0.05, 0.1) is 11.0 Å². The Kier molecular flexibility index (Phi) is 3.60. The first-order valence-electron chi connectivity index (χ1n) is 6.97. The molecule has 2 aromatic rings. The van der Waals surface area contributed by atoms with Crippen LogP contribution in [0.1, 0.15) is 19.8 Å². The summed E-state index contributed by atoms with van der Waals surface area (Å²) in [5, 5.41) is 6.35. The monoisotopic (exact) mass is 270 g/mol. The topological polar surface area (TPSA) is 66.9 Å². The number of nitrogens with one attached hydrogen (secondary N) is 2. The van der Waals surface area contributed by atoms with Crippen molar-refractivity contribution in [1.82, 2.24) is 15.3 Å². The number of piperidine rings is 1. The summed E-state index contributed by atoms with van der Waals surface area (Å²) in [4.78, 5) is 20.7. The first kappa shape index (κ1) is 13.0. The van der Waals surface area contributed by atoms with E-state index in [-0.39, 0.29) is 11.8 Å². The summed E-state index contributed by atoms with van der Waals surface area (Å²) in [7, 11) is 0. The fraction of sp³-hybridized carbons (Fsp3) is 0.400. The van der Waals surface area contributed by atoms with Gasteiger partial charge in [-0.1, -0.05) is 0 Å². The molecule has 2 N–H and O–H groups in total. The molecule has 1 aliphatic rings. The summed E-state index contributed by atoms with van der Waals surface area (Å²) < 4.78 is 0. The molecule has 2 unspecified atom stereocenters. The summed E-state index contributed by atoms with van der Waals surface area (Å²) in [6.45, 7) is 3.02. The third kappa shape index (κ3) is 2.77. The summed E-state index contributed by atoms with van der Waals surface area (Å²) >= 11 is 0. The van der Waals surface area contributed by atoms with Crippen LogP contribution in [0.25, 0.3) is 11.0 Å². The molecule has 5 heteroatoms. The van der Waals surface area contributed by atoms with E-state index in [1.54, 1.807) is 12.4 Å². The van der Waals surface area contributed by atoms with Gasteiger partial charge in [-0.25, -0.2) is 0 Å².